The van der Waals surface area contributed by atoms with E-state index in [-0.39, 0.29) is 18.0 Å². The van der Waals surface area contributed by atoms with Crippen LogP contribution in [0.15, 0.2) is 24.3 Å². The van der Waals surface area contributed by atoms with Crippen LogP contribution in [0, 0.1) is 10.1 Å². The summed E-state index contributed by atoms with van der Waals surface area (Å²) in [6.45, 7) is -0.237. The zero-order valence-corrected chi connectivity index (χ0v) is 9.75. The highest BCUT2D eigenvalue weighted by atomic mass is 16.7. The Balaban J connectivity index is 2.22. The monoisotopic (exact) mass is 271 g/mol. The number of nitro benzene ring substituents is 1. The summed E-state index contributed by atoms with van der Waals surface area (Å²) in [5, 5.41) is 39.5. The molecule has 2 rings (SSSR count). The lowest BCUT2D eigenvalue weighted by atomic mass is 10.1. The van der Waals surface area contributed by atoms with Crippen LogP contribution in [0.4, 0.5) is 5.69 Å². The predicted octanol–water partition coefficient (Wildman–Crippen LogP) is -0.587. The number of hydrogen-bond donors (Lipinski definition) is 3. The van der Waals surface area contributed by atoms with Crippen LogP contribution in [0.5, 0.6) is 5.75 Å². The second-order valence-electron chi connectivity index (χ2n) is 4.09. The lowest BCUT2D eigenvalue weighted by Gasteiger charge is -2.35. The molecule has 0 bridgehead atoms. The Morgan fingerprint density at radius 1 is 1.32 bits per heavy atom. The zero-order valence-electron chi connectivity index (χ0n) is 9.75. The molecular weight excluding hydrogens is 258 g/mol. The first kappa shape index (κ1) is 13.7. The zero-order chi connectivity index (χ0) is 14.0. The molecular formula is C11H13NO7. The third-order valence-corrected chi connectivity index (χ3v) is 2.77. The number of rotatable bonds is 3. The number of hydrogen-bond acceptors (Lipinski definition) is 7. The molecule has 1 heterocycles. The maximum atomic E-state index is 10.8. The van der Waals surface area contributed by atoms with Crippen molar-refractivity contribution in [2.75, 3.05) is 6.61 Å². The number of ether oxygens (including phenoxy) is 2. The van der Waals surface area contributed by atoms with Crippen molar-refractivity contribution in [3.63, 3.8) is 0 Å². The summed E-state index contributed by atoms with van der Waals surface area (Å²) in [7, 11) is 0. The minimum atomic E-state index is -1.47. The van der Waals surface area contributed by atoms with Gasteiger partial charge >= 0.3 is 5.69 Å². The molecule has 104 valence electrons. The van der Waals surface area contributed by atoms with E-state index < -0.39 is 29.5 Å². The average molecular weight is 271 g/mol. The fourth-order valence-corrected chi connectivity index (χ4v) is 1.76. The number of aliphatic hydroxyl groups is 3. The van der Waals surface area contributed by atoms with E-state index in [1.54, 1.807) is 0 Å². The van der Waals surface area contributed by atoms with Gasteiger partial charge in [0.2, 0.25) is 0 Å². The molecule has 1 saturated heterocycles. The SMILES string of the molecule is O=[N+]([O-])c1ccccc1O[C@@H]1[C@@H](O)[C@H](O)CO[C@H]1O. The standard InChI is InChI=1S/C11H13NO7/c13-7-5-18-11(15)10(9(7)14)19-8-4-2-1-3-6(8)12(16)17/h1-4,7,9-11,13-15H,5H2/t7-,9+,10-,11-/m1/s1. The normalized spacial score (nSPS) is 30.9. The molecule has 1 aliphatic heterocycles. The Kier molecular flexibility index (Phi) is 3.96. The molecule has 0 amide bonds. The summed E-state index contributed by atoms with van der Waals surface area (Å²) in [5.41, 5.74) is -0.304. The molecule has 8 heteroatoms. The van der Waals surface area contributed by atoms with Crippen molar-refractivity contribution < 1.29 is 29.7 Å². The van der Waals surface area contributed by atoms with Gasteiger partial charge in [-0.2, -0.15) is 0 Å². The fourth-order valence-electron chi connectivity index (χ4n) is 1.76. The van der Waals surface area contributed by atoms with Crippen molar-refractivity contribution in [3.05, 3.63) is 34.4 Å². The van der Waals surface area contributed by atoms with E-state index in [1.807, 2.05) is 0 Å². The molecule has 3 N–H and O–H groups in total. The minimum absolute atomic E-state index is 0.117. The number of nitro groups is 1. The quantitative estimate of drug-likeness (QED) is 0.496. The first-order chi connectivity index (χ1) is 9.00. The van der Waals surface area contributed by atoms with E-state index in [0.717, 1.165) is 0 Å². The molecule has 0 unspecified atom stereocenters. The largest absolute Gasteiger partial charge is 0.475 e. The molecule has 1 fully saturated rings. The summed E-state index contributed by atoms with van der Waals surface area (Å²) < 4.78 is 10.0. The van der Waals surface area contributed by atoms with Gasteiger partial charge in [-0.05, 0) is 6.07 Å². The van der Waals surface area contributed by atoms with Crippen molar-refractivity contribution in [3.8, 4) is 5.75 Å². The highest BCUT2D eigenvalue weighted by Crippen LogP contribution is 2.29. The van der Waals surface area contributed by atoms with Crippen molar-refractivity contribution >= 4 is 5.69 Å². The maximum Gasteiger partial charge on any atom is 0.310 e. The molecule has 1 aromatic rings. The molecule has 19 heavy (non-hydrogen) atoms. The van der Waals surface area contributed by atoms with Crippen molar-refractivity contribution in [1.82, 2.24) is 0 Å². The van der Waals surface area contributed by atoms with Crippen LogP contribution in [-0.4, -0.2) is 51.5 Å². The second kappa shape index (κ2) is 5.49. The van der Waals surface area contributed by atoms with Gasteiger partial charge in [-0.25, -0.2) is 0 Å². The van der Waals surface area contributed by atoms with E-state index in [4.69, 9.17) is 9.47 Å². The van der Waals surface area contributed by atoms with E-state index in [0.29, 0.717) is 0 Å². The molecule has 0 radical (unpaired) electrons. The Hall–Kier alpha value is -1.74. The first-order valence-corrected chi connectivity index (χ1v) is 5.56. The second-order valence-corrected chi connectivity index (χ2v) is 4.09. The third-order valence-electron chi connectivity index (χ3n) is 2.77. The topological polar surface area (TPSA) is 122 Å². The van der Waals surface area contributed by atoms with Crippen molar-refractivity contribution in [2.24, 2.45) is 0 Å². The highest BCUT2D eigenvalue weighted by molar-refractivity contribution is 5.45. The lowest BCUT2D eigenvalue weighted by molar-refractivity contribution is -0.386. The number of nitrogens with zero attached hydrogens (tertiary/aromatic N) is 1. The Labute approximate surface area is 108 Å². The molecule has 4 atom stereocenters. The van der Waals surface area contributed by atoms with Gasteiger partial charge < -0.3 is 24.8 Å². The van der Waals surface area contributed by atoms with Crippen LogP contribution >= 0.6 is 0 Å². The van der Waals surface area contributed by atoms with Crippen LogP contribution in [0.1, 0.15) is 0 Å². The summed E-state index contributed by atoms with van der Waals surface area (Å²) in [6.07, 6.45) is -5.40. The molecule has 0 aliphatic carbocycles. The predicted molar refractivity (Wildman–Crippen MR) is 61.5 cm³/mol. The van der Waals surface area contributed by atoms with Gasteiger partial charge in [-0.15, -0.1) is 0 Å². The molecule has 0 saturated carbocycles. The van der Waals surface area contributed by atoms with Gasteiger partial charge in [0.1, 0.15) is 12.2 Å². The molecule has 0 spiro atoms. The van der Waals surface area contributed by atoms with E-state index in [1.165, 1.54) is 24.3 Å². The minimum Gasteiger partial charge on any atom is -0.475 e. The van der Waals surface area contributed by atoms with Crippen molar-refractivity contribution in [1.29, 1.82) is 0 Å². The molecule has 1 aliphatic rings. The van der Waals surface area contributed by atoms with Gasteiger partial charge in [-0.1, -0.05) is 12.1 Å². The van der Waals surface area contributed by atoms with Gasteiger partial charge in [0, 0.05) is 6.07 Å². The van der Waals surface area contributed by atoms with Crippen LogP contribution < -0.4 is 4.74 Å². The molecule has 1 aromatic carbocycles. The van der Waals surface area contributed by atoms with Crippen LogP contribution in [-0.2, 0) is 4.74 Å². The van der Waals surface area contributed by atoms with Gasteiger partial charge in [0.15, 0.2) is 18.1 Å². The summed E-state index contributed by atoms with van der Waals surface area (Å²) in [5.74, 6) is -0.117. The summed E-state index contributed by atoms with van der Waals surface area (Å²) in [6, 6.07) is 5.54. The van der Waals surface area contributed by atoms with Gasteiger partial charge in [0.25, 0.3) is 0 Å². The Morgan fingerprint density at radius 2 is 2.00 bits per heavy atom. The number of benzene rings is 1. The lowest BCUT2D eigenvalue weighted by Crippen LogP contribution is -2.55. The molecule has 0 aromatic heterocycles. The first-order valence-electron chi connectivity index (χ1n) is 5.56. The van der Waals surface area contributed by atoms with E-state index in [9.17, 15) is 25.4 Å². The van der Waals surface area contributed by atoms with E-state index in [2.05, 4.69) is 0 Å². The van der Waals surface area contributed by atoms with Crippen LogP contribution in [0.3, 0.4) is 0 Å². The maximum absolute atomic E-state index is 10.8. The Bertz CT molecular complexity index is 466. The summed E-state index contributed by atoms with van der Waals surface area (Å²) in [4.78, 5) is 10.2. The van der Waals surface area contributed by atoms with Crippen LogP contribution in [0.2, 0.25) is 0 Å². The van der Waals surface area contributed by atoms with Crippen molar-refractivity contribution in [2.45, 2.75) is 24.6 Å². The van der Waals surface area contributed by atoms with Gasteiger partial charge in [0.05, 0.1) is 11.5 Å². The van der Waals surface area contributed by atoms with Gasteiger partial charge in [-0.3, -0.25) is 10.1 Å². The highest BCUT2D eigenvalue weighted by Gasteiger charge is 2.40. The number of aliphatic hydroxyl groups excluding tert-OH is 3. The summed E-state index contributed by atoms with van der Waals surface area (Å²) >= 11 is 0. The van der Waals surface area contributed by atoms with Crippen LogP contribution in [0.25, 0.3) is 0 Å². The molecule has 8 nitrogen and oxygen atoms in total. The third kappa shape index (κ3) is 2.82. The average Bonchev–Trinajstić information content (AvgIpc) is 2.39. The number of para-hydroxylation sites is 2. The van der Waals surface area contributed by atoms with E-state index >= 15 is 0 Å². The smallest absolute Gasteiger partial charge is 0.310 e. The fraction of sp³-hybridized carbons (Fsp3) is 0.455. The Morgan fingerprint density at radius 3 is 2.68 bits per heavy atom.